The SMILES string of the molecule is O=C1CSC(N2N=C(c3ccc(Cl)c(Cl)c3)CC2c2cccs2)=N1. The van der Waals surface area contributed by atoms with Crippen LogP contribution < -0.4 is 0 Å². The third kappa shape index (κ3) is 2.99. The van der Waals surface area contributed by atoms with E-state index in [1.165, 1.54) is 16.6 Å². The van der Waals surface area contributed by atoms with Crippen molar-refractivity contribution < 1.29 is 4.79 Å². The van der Waals surface area contributed by atoms with Gasteiger partial charge < -0.3 is 0 Å². The van der Waals surface area contributed by atoms with Crippen LogP contribution in [-0.4, -0.2) is 27.5 Å². The molecule has 1 aromatic heterocycles. The lowest BCUT2D eigenvalue weighted by molar-refractivity contribution is -0.115. The number of nitrogens with zero attached hydrogens (tertiary/aromatic N) is 3. The summed E-state index contributed by atoms with van der Waals surface area (Å²) in [6, 6.07) is 9.66. The normalized spacial score (nSPS) is 20.5. The van der Waals surface area contributed by atoms with E-state index in [1.54, 1.807) is 17.4 Å². The fourth-order valence-electron chi connectivity index (χ4n) is 2.65. The summed E-state index contributed by atoms with van der Waals surface area (Å²) in [5, 5.41) is 10.3. The molecule has 0 aliphatic carbocycles. The van der Waals surface area contributed by atoms with Gasteiger partial charge in [0.2, 0.25) is 0 Å². The molecule has 0 fully saturated rings. The fraction of sp³-hybridized carbons (Fsp3) is 0.188. The molecule has 4 rings (SSSR count). The first-order chi connectivity index (χ1) is 11.6. The van der Waals surface area contributed by atoms with Crippen LogP contribution in [0.3, 0.4) is 0 Å². The van der Waals surface area contributed by atoms with Crippen LogP contribution in [0.4, 0.5) is 0 Å². The van der Waals surface area contributed by atoms with E-state index in [4.69, 9.17) is 28.3 Å². The van der Waals surface area contributed by atoms with Gasteiger partial charge in [0.1, 0.15) is 0 Å². The van der Waals surface area contributed by atoms with Gasteiger partial charge in [-0.2, -0.15) is 10.1 Å². The molecule has 0 bridgehead atoms. The van der Waals surface area contributed by atoms with Gasteiger partial charge in [-0.15, -0.1) is 11.3 Å². The van der Waals surface area contributed by atoms with Gasteiger partial charge in [0.05, 0.1) is 27.6 Å². The van der Waals surface area contributed by atoms with E-state index >= 15 is 0 Å². The monoisotopic (exact) mass is 395 g/mol. The maximum atomic E-state index is 11.5. The minimum absolute atomic E-state index is 0.0478. The number of rotatable bonds is 2. The average Bonchev–Trinajstić information content (AvgIpc) is 3.28. The van der Waals surface area contributed by atoms with Crippen molar-refractivity contribution in [2.24, 2.45) is 10.1 Å². The third-order valence-electron chi connectivity index (χ3n) is 3.78. The summed E-state index contributed by atoms with van der Waals surface area (Å²) in [6.07, 6.45) is 0.728. The molecule has 1 unspecified atom stereocenters. The molecular formula is C16H11Cl2N3OS2. The Hall–Kier alpha value is -1.34. The summed E-state index contributed by atoms with van der Waals surface area (Å²) in [5.41, 5.74) is 1.85. The van der Waals surface area contributed by atoms with E-state index in [9.17, 15) is 4.79 Å². The molecule has 0 N–H and O–H groups in total. The lowest BCUT2D eigenvalue weighted by Gasteiger charge is -2.21. The van der Waals surface area contributed by atoms with Gasteiger partial charge in [0.25, 0.3) is 5.91 Å². The highest BCUT2D eigenvalue weighted by Crippen LogP contribution is 2.38. The molecular weight excluding hydrogens is 385 g/mol. The molecule has 1 atom stereocenters. The van der Waals surface area contributed by atoms with Gasteiger partial charge in [-0.1, -0.05) is 47.1 Å². The van der Waals surface area contributed by atoms with E-state index in [-0.39, 0.29) is 11.9 Å². The Kier molecular flexibility index (Phi) is 4.39. The number of carbonyl (C=O) groups is 1. The molecule has 0 saturated heterocycles. The topological polar surface area (TPSA) is 45.0 Å². The van der Waals surface area contributed by atoms with Crippen molar-refractivity contribution in [2.45, 2.75) is 12.5 Å². The maximum absolute atomic E-state index is 11.5. The van der Waals surface area contributed by atoms with E-state index in [0.29, 0.717) is 21.0 Å². The zero-order chi connectivity index (χ0) is 16.7. The van der Waals surface area contributed by atoms with E-state index in [1.807, 2.05) is 28.6 Å². The van der Waals surface area contributed by atoms with E-state index in [2.05, 4.69) is 11.1 Å². The van der Waals surface area contributed by atoms with E-state index < -0.39 is 0 Å². The van der Waals surface area contributed by atoms with Crippen molar-refractivity contribution in [1.29, 1.82) is 0 Å². The standard InChI is InChI=1S/C16H11Cl2N3OS2/c17-10-4-3-9(6-11(10)18)12-7-13(14-2-1-5-23-14)21(20-12)16-19-15(22)8-24-16/h1-6,13H,7-8H2. The van der Waals surface area contributed by atoms with Crippen LogP contribution in [0.5, 0.6) is 0 Å². The maximum Gasteiger partial charge on any atom is 0.258 e. The Labute approximate surface area is 157 Å². The molecule has 3 heterocycles. The van der Waals surface area contributed by atoms with Crippen LogP contribution in [0, 0.1) is 0 Å². The highest BCUT2D eigenvalue weighted by atomic mass is 35.5. The van der Waals surface area contributed by atoms with Crippen molar-refractivity contribution in [1.82, 2.24) is 5.01 Å². The first-order valence-corrected chi connectivity index (χ1v) is 9.84. The second-order valence-corrected chi connectivity index (χ2v) is 8.07. The van der Waals surface area contributed by atoms with Crippen molar-refractivity contribution in [3.05, 3.63) is 56.2 Å². The number of amidine groups is 1. The number of thiophene rings is 1. The number of hydrogen-bond donors (Lipinski definition) is 0. The van der Waals surface area contributed by atoms with Crippen molar-refractivity contribution >= 4 is 63.1 Å². The quantitative estimate of drug-likeness (QED) is 0.730. The smallest absolute Gasteiger partial charge is 0.258 e. The number of hydrazone groups is 1. The molecule has 0 radical (unpaired) electrons. The predicted octanol–water partition coefficient (Wildman–Crippen LogP) is 4.84. The summed E-state index contributed by atoms with van der Waals surface area (Å²) in [7, 11) is 0. The van der Waals surface area contributed by atoms with Gasteiger partial charge in [-0.25, -0.2) is 5.01 Å². The molecule has 1 aromatic carbocycles. The van der Waals surface area contributed by atoms with Crippen LogP contribution in [-0.2, 0) is 4.79 Å². The third-order valence-corrected chi connectivity index (χ3v) is 6.42. The number of thioether (sulfide) groups is 1. The molecule has 2 aromatic rings. The molecule has 122 valence electrons. The minimum atomic E-state index is -0.113. The van der Waals surface area contributed by atoms with Gasteiger partial charge in [-0.05, 0) is 29.1 Å². The Morgan fingerprint density at radius 1 is 1.21 bits per heavy atom. The second kappa shape index (κ2) is 6.52. The Morgan fingerprint density at radius 2 is 2.08 bits per heavy atom. The number of benzene rings is 1. The van der Waals surface area contributed by atoms with Crippen LogP contribution in [0.15, 0.2) is 45.8 Å². The number of aliphatic imine (C=N–C) groups is 1. The lowest BCUT2D eigenvalue weighted by atomic mass is 10.0. The highest BCUT2D eigenvalue weighted by Gasteiger charge is 2.35. The summed E-state index contributed by atoms with van der Waals surface area (Å²) in [6.45, 7) is 0. The molecule has 1 amide bonds. The molecule has 4 nitrogen and oxygen atoms in total. The molecule has 24 heavy (non-hydrogen) atoms. The average molecular weight is 396 g/mol. The first-order valence-electron chi connectivity index (χ1n) is 7.21. The summed E-state index contributed by atoms with van der Waals surface area (Å²) in [5.74, 6) is 0.263. The Morgan fingerprint density at radius 3 is 2.75 bits per heavy atom. The number of hydrogen-bond acceptors (Lipinski definition) is 5. The fourth-order valence-corrected chi connectivity index (χ4v) is 4.55. The van der Waals surface area contributed by atoms with Crippen LogP contribution in [0.1, 0.15) is 22.9 Å². The van der Waals surface area contributed by atoms with Crippen LogP contribution >= 0.6 is 46.3 Å². The van der Waals surface area contributed by atoms with Crippen molar-refractivity contribution in [3.8, 4) is 0 Å². The van der Waals surface area contributed by atoms with Gasteiger partial charge in [0, 0.05) is 11.3 Å². The lowest BCUT2D eigenvalue weighted by Crippen LogP contribution is -2.23. The second-order valence-electron chi connectivity index (χ2n) is 5.33. The first kappa shape index (κ1) is 16.1. The predicted molar refractivity (Wildman–Crippen MR) is 101 cm³/mol. The minimum Gasteiger partial charge on any atom is -0.272 e. The Balaban J connectivity index is 1.72. The summed E-state index contributed by atoms with van der Waals surface area (Å²) >= 11 is 15.2. The highest BCUT2D eigenvalue weighted by molar-refractivity contribution is 8.14. The number of amides is 1. The summed E-state index contributed by atoms with van der Waals surface area (Å²) < 4.78 is 0. The molecule has 2 aliphatic heterocycles. The summed E-state index contributed by atoms with van der Waals surface area (Å²) in [4.78, 5) is 16.8. The Bertz CT molecular complexity index is 864. The van der Waals surface area contributed by atoms with Gasteiger partial charge in [-0.3, -0.25) is 4.79 Å². The van der Waals surface area contributed by atoms with Crippen molar-refractivity contribution in [3.63, 3.8) is 0 Å². The molecule has 0 saturated carbocycles. The largest absolute Gasteiger partial charge is 0.272 e. The van der Waals surface area contributed by atoms with Gasteiger partial charge in [0.15, 0.2) is 5.17 Å². The zero-order valence-corrected chi connectivity index (χ0v) is 15.4. The zero-order valence-electron chi connectivity index (χ0n) is 12.3. The van der Waals surface area contributed by atoms with Crippen molar-refractivity contribution in [2.75, 3.05) is 5.75 Å². The van der Waals surface area contributed by atoms with Gasteiger partial charge >= 0.3 is 0 Å². The van der Waals surface area contributed by atoms with E-state index in [0.717, 1.165) is 17.7 Å². The number of halogens is 2. The molecule has 2 aliphatic rings. The number of carbonyl (C=O) groups excluding carboxylic acids is 1. The van der Waals surface area contributed by atoms with Crippen LogP contribution in [0.2, 0.25) is 10.0 Å². The molecule has 0 spiro atoms. The van der Waals surface area contributed by atoms with Crippen LogP contribution in [0.25, 0.3) is 0 Å². The molecule has 8 heteroatoms.